The number of rotatable bonds is 4. The number of anilines is 1. The lowest BCUT2D eigenvalue weighted by Crippen LogP contribution is -2.38. The molecule has 0 spiro atoms. The summed E-state index contributed by atoms with van der Waals surface area (Å²) in [4.78, 5) is 11.7. The Hall–Kier alpha value is -1.75. The third-order valence-corrected chi connectivity index (χ3v) is 3.02. The highest BCUT2D eigenvalue weighted by Crippen LogP contribution is 2.26. The summed E-state index contributed by atoms with van der Waals surface area (Å²) in [6, 6.07) is 5.22. The van der Waals surface area contributed by atoms with Gasteiger partial charge in [-0.1, -0.05) is 6.07 Å². The second kappa shape index (κ2) is 6.35. The summed E-state index contributed by atoms with van der Waals surface area (Å²) in [6.07, 6.45) is 0.185. The molecule has 1 amide bonds. The highest BCUT2D eigenvalue weighted by molar-refractivity contribution is 5.86. The van der Waals surface area contributed by atoms with Gasteiger partial charge in [0, 0.05) is 5.54 Å². The number of benzene rings is 1. The molecule has 0 heterocycles. The summed E-state index contributed by atoms with van der Waals surface area (Å²) in [5.41, 5.74) is 0.695. The third-order valence-electron chi connectivity index (χ3n) is 3.02. The Balaban J connectivity index is 2.77. The summed E-state index contributed by atoms with van der Waals surface area (Å²) < 4.78 is 5.15. The number of likely N-dealkylation sites (N-methyl/N-ethyl adjacent to an activating group) is 1. The second-order valence-electron chi connectivity index (χ2n) is 6.79. The van der Waals surface area contributed by atoms with Gasteiger partial charge in [-0.25, -0.2) is 4.79 Å². The van der Waals surface area contributed by atoms with Crippen molar-refractivity contribution < 1.29 is 14.6 Å². The van der Waals surface area contributed by atoms with E-state index in [1.54, 1.807) is 32.9 Å². The number of carbonyl (C=O) groups excluding carboxylic acids is 1. The molecule has 0 bridgehead atoms. The van der Waals surface area contributed by atoms with Crippen molar-refractivity contribution in [2.75, 3.05) is 12.4 Å². The van der Waals surface area contributed by atoms with Gasteiger partial charge >= 0.3 is 6.09 Å². The van der Waals surface area contributed by atoms with Gasteiger partial charge in [-0.2, -0.15) is 0 Å². The molecule has 3 N–H and O–H groups in total. The van der Waals surface area contributed by atoms with Crippen molar-refractivity contribution in [3.05, 3.63) is 23.8 Å². The van der Waals surface area contributed by atoms with E-state index in [0.717, 1.165) is 12.0 Å². The highest BCUT2D eigenvalue weighted by atomic mass is 16.6. The predicted octanol–water partition coefficient (Wildman–Crippen LogP) is 3.28. The summed E-state index contributed by atoms with van der Waals surface area (Å²) in [6.45, 7) is 9.52. The van der Waals surface area contributed by atoms with Gasteiger partial charge < -0.3 is 15.2 Å². The van der Waals surface area contributed by atoms with E-state index < -0.39 is 11.7 Å². The summed E-state index contributed by atoms with van der Waals surface area (Å²) in [5.74, 6) is 0.0327. The average molecular weight is 294 g/mol. The third kappa shape index (κ3) is 6.04. The molecule has 0 saturated heterocycles. The van der Waals surface area contributed by atoms with E-state index in [1.807, 2.05) is 13.1 Å². The number of aromatic hydroxyl groups is 1. The smallest absolute Gasteiger partial charge is 0.412 e. The van der Waals surface area contributed by atoms with Gasteiger partial charge in [-0.3, -0.25) is 5.32 Å². The summed E-state index contributed by atoms with van der Waals surface area (Å²) in [5, 5.41) is 15.8. The van der Waals surface area contributed by atoms with Gasteiger partial charge in [0.25, 0.3) is 0 Å². The van der Waals surface area contributed by atoms with Crippen molar-refractivity contribution in [1.82, 2.24) is 5.32 Å². The van der Waals surface area contributed by atoms with Crippen LogP contribution in [0.15, 0.2) is 18.2 Å². The number of phenols is 1. The minimum absolute atomic E-state index is 0.0327. The highest BCUT2D eigenvalue weighted by Gasteiger charge is 2.19. The molecule has 1 aromatic rings. The van der Waals surface area contributed by atoms with Gasteiger partial charge in [-0.15, -0.1) is 0 Å². The van der Waals surface area contributed by atoms with E-state index >= 15 is 0 Å². The van der Waals surface area contributed by atoms with Crippen LogP contribution in [0.3, 0.4) is 0 Å². The zero-order valence-electron chi connectivity index (χ0n) is 13.7. The summed E-state index contributed by atoms with van der Waals surface area (Å²) >= 11 is 0. The molecule has 0 saturated carbocycles. The zero-order valence-corrected chi connectivity index (χ0v) is 13.7. The first-order chi connectivity index (χ1) is 9.52. The van der Waals surface area contributed by atoms with Crippen LogP contribution in [0.25, 0.3) is 0 Å². The largest absolute Gasteiger partial charge is 0.506 e. The Kier molecular flexibility index (Phi) is 5.23. The number of hydrogen-bond acceptors (Lipinski definition) is 4. The number of carbonyl (C=O) groups is 1. The molecule has 0 atom stereocenters. The molecule has 0 unspecified atom stereocenters. The van der Waals surface area contributed by atoms with Crippen LogP contribution >= 0.6 is 0 Å². The maximum absolute atomic E-state index is 11.7. The van der Waals surface area contributed by atoms with Crippen LogP contribution in [0, 0.1) is 0 Å². The molecule has 0 aliphatic carbocycles. The molecule has 0 radical (unpaired) electrons. The van der Waals surface area contributed by atoms with E-state index in [0.29, 0.717) is 5.69 Å². The molecule has 0 fully saturated rings. The lowest BCUT2D eigenvalue weighted by molar-refractivity contribution is 0.0635. The molecule has 5 heteroatoms. The normalized spacial score (nSPS) is 12.1. The molecule has 21 heavy (non-hydrogen) atoms. The monoisotopic (exact) mass is 294 g/mol. The Morgan fingerprint density at radius 3 is 2.33 bits per heavy atom. The van der Waals surface area contributed by atoms with E-state index in [2.05, 4.69) is 24.5 Å². The lowest BCUT2D eigenvalue weighted by Gasteiger charge is -2.24. The topological polar surface area (TPSA) is 70.6 Å². The van der Waals surface area contributed by atoms with Gasteiger partial charge in [0.1, 0.15) is 11.4 Å². The Bertz CT molecular complexity index is 505. The van der Waals surface area contributed by atoms with Crippen molar-refractivity contribution in [2.45, 2.75) is 52.2 Å². The van der Waals surface area contributed by atoms with Crippen molar-refractivity contribution >= 4 is 11.8 Å². The molecule has 1 rings (SSSR count). The predicted molar refractivity (Wildman–Crippen MR) is 84.8 cm³/mol. The fourth-order valence-electron chi connectivity index (χ4n) is 1.81. The van der Waals surface area contributed by atoms with Gasteiger partial charge in [0.05, 0.1) is 5.69 Å². The fourth-order valence-corrected chi connectivity index (χ4v) is 1.81. The number of ether oxygens (including phenoxy) is 1. The molecule has 5 nitrogen and oxygen atoms in total. The molecular formula is C16H26N2O3. The van der Waals surface area contributed by atoms with Crippen molar-refractivity contribution in [1.29, 1.82) is 0 Å². The number of hydrogen-bond donors (Lipinski definition) is 3. The second-order valence-corrected chi connectivity index (χ2v) is 6.79. The molecule has 0 aliphatic rings. The first-order valence-corrected chi connectivity index (χ1v) is 7.03. The molecular weight excluding hydrogens is 268 g/mol. The van der Waals surface area contributed by atoms with E-state index in [9.17, 15) is 9.90 Å². The number of nitrogens with one attached hydrogen (secondary N) is 2. The van der Waals surface area contributed by atoms with Crippen LogP contribution in [0.2, 0.25) is 0 Å². The fraction of sp³-hybridized carbons (Fsp3) is 0.562. The van der Waals surface area contributed by atoms with Gasteiger partial charge in [0.15, 0.2) is 0 Å². The minimum Gasteiger partial charge on any atom is -0.506 e. The number of phenolic OH excluding ortho intramolecular Hbond substituents is 1. The van der Waals surface area contributed by atoms with Crippen molar-refractivity contribution in [2.24, 2.45) is 0 Å². The molecule has 1 aromatic carbocycles. The molecule has 118 valence electrons. The maximum Gasteiger partial charge on any atom is 0.412 e. The quantitative estimate of drug-likeness (QED) is 0.745. The summed E-state index contributed by atoms with van der Waals surface area (Å²) in [7, 11) is 1.90. The first-order valence-electron chi connectivity index (χ1n) is 7.03. The van der Waals surface area contributed by atoms with Crippen LogP contribution in [0.4, 0.5) is 10.5 Å². The van der Waals surface area contributed by atoms with Crippen LogP contribution < -0.4 is 10.6 Å². The molecule has 0 aliphatic heterocycles. The van der Waals surface area contributed by atoms with Crippen molar-refractivity contribution in [3.63, 3.8) is 0 Å². The lowest BCUT2D eigenvalue weighted by atomic mass is 9.95. The Labute approximate surface area is 126 Å². The van der Waals surface area contributed by atoms with Gasteiger partial charge in [-0.05, 0) is 65.8 Å². The van der Waals surface area contributed by atoms with Crippen LogP contribution in [-0.2, 0) is 11.2 Å². The van der Waals surface area contributed by atoms with E-state index in [-0.39, 0.29) is 11.3 Å². The standard InChI is InChI=1S/C16H26N2O3/c1-15(2,3)21-14(20)18-12-8-7-11(9-13(12)19)10-16(4,5)17-6/h7-9,17,19H,10H2,1-6H3,(H,18,20). The SMILES string of the molecule is CNC(C)(C)Cc1ccc(NC(=O)OC(C)(C)C)c(O)c1. The zero-order chi connectivity index (χ0) is 16.3. The molecule has 0 aromatic heterocycles. The minimum atomic E-state index is -0.582. The average Bonchev–Trinajstić information content (AvgIpc) is 2.30. The van der Waals surface area contributed by atoms with Gasteiger partial charge in [0.2, 0.25) is 0 Å². The van der Waals surface area contributed by atoms with Crippen LogP contribution in [0.1, 0.15) is 40.2 Å². The van der Waals surface area contributed by atoms with E-state index in [1.165, 1.54) is 0 Å². The van der Waals surface area contributed by atoms with Crippen LogP contribution in [0.5, 0.6) is 5.75 Å². The first kappa shape index (κ1) is 17.3. The number of amides is 1. The Morgan fingerprint density at radius 2 is 1.86 bits per heavy atom. The van der Waals surface area contributed by atoms with Crippen molar-refractivity contribution in [3.8, 4) is 5.75 Å². The maximum atomic E-state index is 11.7. The van der Waals surface area contributed by atoms with E-state index in [4.69, 9.17) is 4.74 Å². The Morgan fingerprint density at radius 1 is 1.24 bits per heavy atom. The van der Waals surface area contributed by atoms with Crippen LogP contribution in [-0.4, -0.2) is 29.4 Å².